The molecule has 0 spiro atoms. The smallest absolute Gasteiger partial charge is 0.267 e. The van der Waals surface area contributed by atoms with Gasteiger partial charge in [-0.1, -0.05) is 40.2 Å². The van der Waals surface area contributed by atoms with Crippen molar-refractivity contribution in [3.63, 3.8) is 0 Å². The van der Waals surface area contributed by atoms with Gasteiger partial charge in [0.2, 0.25) is 6.10 Å². The highest BCUT2D eigenvalue weighted by Crippen LogP contribution is 2.31. The summed E-state index contributed by atoms with van der Waals surface area (Å²) >= 11 is 3.46. The van der Waals surface area contributed by atoms with Crippen LogP contribution in [0.2, 0.25) is 0 Å². The van der Waals surface area contributed by atoms with E-state index in [0.717, 1.165) is 37.2 Å². The minimum Gasteiger partial charge on any atom is -0.485 e. The molecule has 4 rings (SSSR count). The molecular weight excluding hydrogens is 396 g/mol. The second kappa shape index (κ2) is 7.68. The zero-order chi connectivity index (χ0) is 17.9. The molecule has 2 heterocycles. The molecule has 1 amide bonds. The number of benzene rings is 2. The molecule has 2 aliphatic rings. The van der Waals surface area contributed by atoms with Gasteiger partial charge in [0.15, 0.2) is 11.5 Å². The van der Waals surface area contributed by atoms with Gasteiger partial charge >= 0.3 is 0 Å². The van der Waals surface area contributed by atoms with E-state index in [2.05, 4.69) is 45.1 Å². The van der Waals surface area contributed by atoms with Crippen LogP contribution in [0.15, 0.2) is 53.0 Å². The highest BCUT2D eigenvalue weighted by Gasteiger charge is 2.32. The van der Waals surface area contributed by atoms with E-state index in [1.807, 2.05) is 29.2 Å². The molecule has 136 valence electrons. The summed E-state index contributed by atoms with van der Waals surface area (Å²) < 4.78 is 12.6. The summed E-state index contributed by atoms with van der Waals surface area (Å²) in [5.74, 6) is 1.37. The molecule has 2 aromatic carbocycles. The molecule has 26 heavy (non-hydrogen) atoms. The van der Waals surface area contributed by atoms with Gasteiger partial charge in [0, 0.05) is 37.2 Å². The summed E-state index contributed by atoms with van der Waals surface area (Å²) in [7, 11) is 0. The second-order valence-corrected chi connectivity index (χ2v) is 7.51. The molecule has 2 aliphatic heterocycles. The number of carbonyl (C=O) groups is 1. The molecule has 1 saturated heterocycles. The van der Waals surface area contributed by atoms with E-state index >= 15 is 0 Å². The predicted octanol–water partition coefficient (Wildman–Crippen LogP) is 2.93. The number of halogens is 1. The number of amides is 1. The van der Waals surface area contributed by atoms with Crippen LogP contribution in [0, 0.1) is 0 Å². The summed E-state index contributed by atoms with van der Waals surface area (Å²) in [6.07, 6.45) is -0.553. The Bertz CT molecular complexity index is 773. The van der Waals surface area contributed by atoms with Gasteiger partial charge in [-0.05, 0) is 29.8 Å². The lowest BCUT2D eigenvalue weighted by Gasteiger charge is -2.37. The standard InChI is InChI=1S/C20H21BrN2O3/c21-16-7-5-15(6-8-16)13-22-9-11-23(12-10-22)20(24)19-14-25-17-3-1-2-4-18(17)26-19/h1-8,19H,9-14H2/t19-/m0/s1. The van der Waals surface area contributed by atoms with Crippen LogP contribution in [0.1, 0.15) is 5.56 Å². The summed E-state index contributed by atoms with van der Waals surface area (Å²) in [5.41, 5.74) is 1.29. The summed E-state index contributed by atoms with van der Waals surface area (Å²) in [6, 6.07) is 15.9. The van der Waals surface area contributed by atoms with Crippen LogP contribution in [0.5, 0.6) is 11.5 Å². The van der Waals surface area contributed by atoms with Crippen LogP contribution < -0.4 is 9.47 Å². The first-order valence-electron chi connectivity index (χ1n) is 8.83. The molecular formula is C20H21BrN2O3. The number of rotatable bonds is 3. The summed E-state index contributed by atoms with van der Waals surface area (Å²) in [4.78, 5) is 17.0. The van der Waals surface area contributed by atoms with Crippen LogP contribution in [0.25, 0.3) is 0 Å². The van der Waals surface area contributed by atoms with E-state index < -0.39 is 6.10 Å². The first-order chi connectivity index (χ1) is 12.7. The minimum absolute atomic E-state index is 0.0165. The van der Waals surface area contributed by atoms with Gasteiger partial charge < -0.3 is 14.4 Å². The summed E-state index contributed by atoms with van der Waals surface area (Å²) in [6.45, 7) is 4.35. The maximum atomic E-state index is 12.8. The number of hydrogen-bond donors (Lipinski definition) is 0. The van der Waals surface area contributed by atoms with Gasteiger partial charge in [0.25, 0.3) is 5.91 Å². The fourth-order valence-electron chi connectivity index (χ4n) is 3.32. The molecule has 0 aliphatic carbocycles. The van der Waals surface area contributed by atoms with Crippen molar-refractivity contribution in [1.29, 1.82) is 0 Å². The first-order valence-corrected chi connectivity index (χ1v) is 9.62. The lowest BCUT2D eigenvalue weighted by atomic mass is 10.2. The Labute approximate surface area is 161 Å². The quantitative estimate of drug-likeness (QED) is 0.771. The maximum absolute atomic E-state index is 12.8. The molecule has 1 atom stereocenters. The third-order valence-corrected chi connectivity index (χ3v) is 5.32. The monoisotopic (exact) mass is 416 g/mol. The average Bonchev–Trinajstić information content (AvgIpc) is 2.69. The molecule has 5 nitrogen and oxygen atoms in total. The highest BCUT2D eigenvalue weighted by molar-refractivity contribution is 9.10. The fraction of sp³-hybridized carbons (Fsp3) is 0.350. The molecule has 0 radical (unpaired) electrons. The van der Waals surface area contributed by atoms with Crippen molar-refractivity contribution in [1.82, 2.24) is 9.80 Å². The van der Waals surface area contributed by atoms with E-state index in [0.29, 0.717) is 11.5 Å². The highest BCUT2D eigenvalue weighted by atomic mass is 79.9. The predicted molar refractivity (Wildman–Crippen MR) is 102 cm³/mol. The van der Waals surface area contributed by atoms with Gasteiger partial charge in [-0.15, -0.1) is 0 Å². The maximum Gasteiger partial charge on any atom is 0.267 e. The molecule has 6 heteroatoms. The molecule has 1 fully saturated rings. The van der Waals surface area contributed by atoms with E-state index in [4.69, 9.17) is 9.47 Å². The largest absolute Gasteiger partial charge is 0.485 e. The van der Waals surface area contributed by atoms with Crippen LogP contribution >= 0.6 is 15.9 Å². The van der Waals surface area contributed by atoms with E-state index in [-0.39, 0.29) is 12.5 Å². The molecule has 2 aromatic rings. The number of ether oxygens (including phenoxy) is 2. The van der Waals surface area contributed by atoms with Gasteiger partial charge in [0.05, 0.1) is 0 Å². The van der Waals surface area contributed by atoms with Crippen molar-refractivity contribution < 1.29 is 14.3 Å². The van der Waals surface area contributed by atoms with Gasteiger partial charge in [-0.25, -0.2) is 0 Å². The number of fused-ring (bicyclic) bond motifs is 1. The first kappa shape index (κ1) is 17.4. The van der Waals surface area contributed by atoms with Crippen LogP contribution in [-0.2, 0) is 11.3 Å². The molecule has 0 aromatic heterocycles. The van der Waals surface area contributed by atoms with Crippen molar-refractivity contribution in [2.24, 2.45) is 0 Å². The Balaban J connectivity index is 1.30. The number of hydrogen-bond acceptors (Lipinski definition) is 4. The lowest BCUT2D eigenvalue weighted by Crippen LogP contribution is -2.53. The number of para-hydroxylation sites is 2. The summed E-state index contributed by atoms with van der Waals surface area (Å²) in [5, 5.41) is 0. The van der Waals surface area contributed by atoms with Crippen molar-refractivity contribution in [2.75, 3.05) is 32.8 Å². The van der Waals surface area contributed by atoms with Crippen LogP contribution in [0.4, 0.5) is 0 Å². The van der Waals surface area contributed by atoms with Crippen LogP contribution in [0.3, 0.4) is 0 Å². The van der Waals surface area contributed by atoms with E-state index in [1.54, 1.807) is 0 Å². The molecule has 0 bridgehead atoms. The van der Waals surface area contributed by atoms with Gasteiger partial charge in [-0.3, -0.25) is 9.69 Å². The topological polar surface area (TPSA) is 42.0 Å². The third kappa shape index (κ3) is 3.86. The Hall–Kier alpha value is -2.05. The zero-order valence-corrected chi connectivity index (χ0v) is 16.0. The lowest BCUT2D eigenvalue weighted by molar-refractivity contribution is -0.143. The number of piperazine rings is 1. The SMILES string of the molecule is O=C([C@@H]1COc2ccccc2O1)N1CCN(Cc2ccc(Br)cc2)CC1. The average molecular weight is 417 g/mol. The fourth-order valence-corrected chi connectivity index (χ4v) is 3.58. The molecule has 0 saturated carbocycles. The van der Waals surface area contributed by atoms with Crippen molar-refractivity contribution in [2.45, 2.75) is 12.6 Å². The Morgan fingerprint density at radius 1 is 1.00 bits per heavy atom. The molecule has 0 unspecified atom stereocenters. The van der Waals surface area contributed by atoms with Crippen molar-refractivity contribution in [3.05, 3.63) is 58.6 Å². The van der Waals surface area contributed by atoms with Crippen molar-refractivity contribution in [3.8, 4) is 11.5 Å². The minimum atomic E-state index is -0.553. The van der Waals surface area contributed by atoms with E-state index in [1.165, 1.54) is 5.56 Å². The Kier molecular flexibility index (Phi) is 5.13. The zero-order valence-electron chi connectivity index (χ0n) is 14.4. The van der Waals surface area contributed by atoms with Gasteiger partial charge in [0.1, 0.15) is 6.61 Å². The van der Waals surface area contributed by atoms with Crippen molar-refractivity contribution >= 4 is 21.8 Å². The van der Waals surface area contributed by atoms with Crippen LogP contribution in [-0.4, -0.2) is 54.6 Å². The van der Waals surface area contributed by atoms with Gasteiger partial charge in [-0.2, -0.15) is 0 Å². The second-order valence-electron chi connectivity index (χ2n) is 6.59. The molecule has 0 N–H and O–H groups in total. The van der Waals surface area contributed by atoms with E-state index in [9.17, 15) is 4.79 Å². The Morgan fingerprint density at radius 3 is 2.42 bits per heavy atom. The number of carbonyl (C=O) groups excluding carboxylic acids is 1. The number of nitrogens with zero attached hydrogens (tertiary/aromatic N) is 2. The normalized spacial score (nSPS) is 20.0. The third-order valence-electron chi connectivity index (χ3n) is 4.79. The Morgan fingerprint density at radius 2 is 1.69 bits per heavy atom.